The average molecular weight is 250 g/mol. The lowest BCUT2D eigenvalue weighted by Gasteiger charge is -2.04. The molecule has 0 saturated carbocycles. The number of rotatable bonds is 6. The summed E-state index contributed by atoms with van der Waals surface area (Å²) in [5, 5.41) is 8.88. The van der Waals surface area contributed by atoms with Crippen molar-refractivity contribution in [2.24, 2.45) is 0 Å². The van der Waals surface area contributed by atoms with Gasteiger partial charge in [-0.25, -0.2) is 0 Å². The second-order valence-electron chi connectivity index (χ2n) is 3.41. The van der Waals surface area contributed by atoms with Crippen molar-refractivity contribution in [1.82, 2.24) is 19.7 Å². The molecule has 0 aliphatic rings. The van der Waals surface area contributed by atoms with Gasteiger partial charge in [0.1, 0.15) is 6.33 Å². The topological polar surface area (TPSA) is 52.8 Å². The molecule has 0 spiro atoms. The highest BCUT2D eigenvalue weighted by atomic mass is 32.2. The van der Waals surface area contributed by atoms with Crippen LogP contribution < -0.4 is 0 Å². The molecule has 0 radical (unpaired) electrons. The van der Waals surface area contributed by atoms with Crippen molar-refractivity contribution in [1.29, 1.82) is 0 Å². The van der Waals surface area contributed by atoms with E-state index in [9.17, 15) is 0 Å². The summed E-state index contributed by atoms with van der Waals surface area (Å²) in [6, 6.07) is 5.90. The van der Waals surface area contributed by atoms with Gasteiger partial charge in [-0.3, -0.25) is 4.98 Å². The summed E-state index contributed by atoms with van der Waals surface area (Å²) in [4.78, 5) is 4.27. The third-order valence-corrected chi connectivity index (χ3v) is 3.21. The van der Waals surface area contributed by atoms with Gasteiger partial charge in [-0.15, -0.1) is 10.2 Å². The first-order chi connectivity index (χ1) is 8.40. The van der Waals surface area contributed by atoms with E-state index in [-0.39, 0.29) is 0 Å². The first-order valence-electron chi connectivity index (χ1n) is 5.29. The van der Waals surface area contributed by atoms with Gasteiger partial charge in [0.2, 0.25) is 0 Å². The van der Waals surface area contributed by atoms with Crippen molar-refractivity contribution in [3.05, 3.63) is 36.4 Å². The summed E-state index contributed by atoms with van der Waals surface area (Å²) in [6.45, 7) is 1.43. The van der Waals surface area contributed by atoms with Gasteiger partial charge < -0.3 is 9.30 Å². The molecule has 2 aromatic rings. The first-order valence-corrected chi connectivity index (χ1v) is 6.28. The molecule has 0 saturated heterocycles. The van der Waals surface area contributed by atoms with Crippen LogP contribution in [0.3, 0.4) is 0 Å². The van der Waals surface area contributed by atoms with Crippen LogP contribution in [0.1, 0.15) is 5.69 Å². The Morgan fingerprint density at radius 3 is 3.12 bits per heavy atom. The van der Waals surface area contributed by atoms with Crippen molar-refractivity contribution >= 4 is 11.8 Å². The first kappa shape index (κ1) is 12.1. The van der Waals surface area contributed by atoms with E-state index in [1.165, 1.54) is 0 Å². The minimum atomic E-state index is 0.662. The predicted octanol–water partition coefficient (Wildman–Crippen LogP) is 1.61. The number of pyridine rings is 1. The lowest BCUT2D eigenvalue weighted by Crippen LogP contribution is -2.04. The highest BCUT2D eigenvalue weighted by Gasteiger charge is 2.05. The molecule has 0 aliphatic heterocycles. The zero-order valence-corrected chi connectivity index (χ0v) is 10.4. The smallest absolute Gasteiger partial charge is 0.191 e. The van der Waals surface area contributed by atoms with Gasteiger partial charge in [-0.1, -0.05) is 17.8 Å². The Bertz CT molecular complexity index is 446. The SMILES string of the molecule is COCCn1cnnc1SCc1ccccn1. The van der Waals surface area contributed by atoms with Crippen LogP contribution in [-0.4, -0.2) is 33.5 Å². The number of methoxy groups -OCH3 is 1. The van der Waals surface area contributed by atoms with Crippen LogP contribution in [0.2, 0.25) is 0 Å². The van der Waals surface area contributed by atoms with Crippen LogP contribution in [0, 0.1) is 0 Å². The van der Waals surface area contributed by atoms with Gasteiger partial charge in [0.25, 0.3) is 0 Å². The zero-order valence-electron chi connectivity index (χ0n) is 9.61. The minimum absolute atomic E-state index is 0.662. The second-order valence-corrected chi connectivity index (χ2v) is 4.35. The van der Waals surface area contributed by atoms with Crippen molar-refractivity contribution in [3.8, 4) is 0 Å². The fourth-order valence-electron chi connectivity index (χ4n) is 1.32. The molecule has 2 aromatic heterocycles. The molecule has 0 atom stereocenters. The van der Waals surface area contributed by atoms with Crippen LogP contribution in [0.15, 0.2) is 35.9 Å². The predicted molar refractivity (Wildman–Crippen MR) is 65.7 cm³/mol. The van der Waals surface area contributed by atoms with Crippen molar-refractivity contribution in [2.45, 2.75) is 17.5 Å². The zero-order chi connectivity index (χ0) is 11.9. The molecular weight excluding hydrogens is 236 g/mol. The molecule has 0 unspecified atom stereocenters. The van der Waals surface area contributed by atoms with Crippen LogP contribution in [0.25, 0.3) is 0 Å². The van der Waals surface area contributed by atoms with Gasteiger partial charge in [0, 0.05) is 25.6 Å². The van der Waals surface area contributed by atoms with E-state index in [1.54, 1.807) is 31.4 Å². The van der Waals surface area contributed by atoms with Gasteiger partial charge >= 0.3 is 0 Å². The number of thioether (sulfide) groups is 1. The molecule has 2 rings (SSSR count). The molecule has 0 aromatic carbocycles. The molecule has 2 heterocycles. The van der Waals surface area contributed by atoms with Crippen LogP contribution in [0.5, 0.6) is 0 Å². The fourth-order valence-corrected chi connectivity index (χ4v) is 2.18. The molecule has 17 heavy (non-hydrogen) atoms. The molecule has 6 heteroatoms. The molecule has 0 N–H and O–H groups in total. The van der Waals surface area contributed by atoms with E-state index in [0.29, 0.717) is 6.61 Å². The van der Waals surface area contributed by atoms with E-state index in [0.717, 1.165) is 23.1 Å². The van der Waals surface area contributed by atoms with E-state index >= 15 is 0 Å². The van der Waals surface area contributed by atoms with Crippen LogP contribution >= 0.6 is 11.8 Å². The lowest BCUT2D eigenvalue weighted by atomic mass is 10.4. The Hall–Kier alpha value is -1.40. The summed E-state index contributed by atoms with van der Waals surface area (Å²) < 4.78 is 7.02. The molecule has 0 fully saturated rings. The van der Waals surface area contributed by atoms with Gasteiger partial charge in [-0.2, -0.15) is 0 Å². The molecule has 90 valence electrons. The fraction of sp³-hybridized carbons (Fsp3) is 0.364. The number of hydrogen-bond acceptors (Lipinski definition) is 5. The van der Waals surface area contributed by atoms with E-state index in [4.69, 9.17) is 4.74 Å². The summed E-state index contributed by atoms with van der Waals surface area (Å²) in [5.74, 6) is 0.798. The molecule has 0 aliphatic carbocycles. The number of nitrogens with zero attached hydrogens (tertiary/aromatic N) is 4. The van der Waals surface area contributed by atoms with E-state index in [1.807, 2.05) is 22.8 Å². The number of hydrogen-bond donors (Lipinski definition) is 0. The van der Waals surface area contributed by atoms with E-state index < -0.39 is 0 Å². The summed E-state index contributed by atoms with van der Waals surface area (Å²) in [7, 11) is 1.69. The summed E-state index contributed by atoms with van der Waals surface area (Å²) in [5.41, 5.74) is 1.04. The highest BCUT2D eigenvalue weighted by molar-refractivity contribution is 7.98. The highest BCUT2D eigenvalue weighted by Crippen LogP contribution is 2.18. The monoisotopic (exact) mass is 250 g/mol. The maximum absolute atomic E-state index is 5.03. The standard InChI is InChI=1S/C11H14N4OS/c1-16-7-6-15-9-13-14-11(15)17-8-10-4-2-3-5-12-10/h2-5,9H,6-8H2,1H3. The third kappa shape index (κ3) is 3.54. The second kappa shape index (κ2) is 6.36. The maximum atomic E-state index is 5.03. The van der Waals surface area contributed by atoms with E-state index in [2.05, 4.69) is 15.2 Å². The van der Waals surface area contributed by atoms with Gasteiger partial charge in [0.15, 0.2) is 5.16 Å². The Labute approximate surface area is 104 Å². The normalized spacial score (nSPS) is 10.6. The Morgan fingerprint density at radius 1 is 1.41 bits per heavy atom. The Morgan fingerprint density at radius 2 is 2.35 bits per heavy atom. The summed E-state index contributed by atoms with van der Waals surface area (Å²) in [6.07, 6.45) is 3.52. The molecular formula is C11H14N4OS. The van der Waals surface area contributed by atoms with Crippen LogP contribution in [0.4, 0.5) is 0 Å². The molecule has 0 bridgehead atoms. The number of ether oxygens (including phenoxy) is 1. The largest absolute Gasteiger partial charge is 0.383 e. The average Bonchev–Trinajstić information content (AvgIpc) is 2.82. The van der Waals surface area contributed by atoms with Gasteiger partial charge in [0.05, 0.1) is 12.3 Å². The van der Waals surface area contributed by atoms with Crippen LogP contribution in [-0.2, 0) is 17.0 Å². The summed E-state index contributed by atoms with van der Waals surface area (Å²) >= 11 is 1.63. The van der Waals surface area contributed by atoms with Crippen molar-refractivity contribution < 1.29 is 4.74 Å². The molecule has 0 amide bonds. The minimum Gasteiger partial charge on any atom is -0.383 e. The molecule has 5 nitrogen and oxygen atoms in total. The van der Waals surface area contributed by atoms with Crippen molar-refractivity contribution in [2.75, 3.05) is 13.7 Å². The lowest BCUT2D eigenvalue weighted by molar-refractivity contribution is 0.184. The number of aromatic nitrogens is 4. The van der Waals surface area contributed by atoms with Crippen molar-refractivity contribution in [3.63, 3.8) is 0 Å². The Kier molecular flexibility index (Phi) is 4.52. The third-order valence-electron chi connectivity index (χ3n) is 2.19. The maximum Gasteiger partial charge on any atom is 0.191 e. The Balaban J connectivity index is 1.92. The van der Waals surface area contributed by atoms with Gasteiger partial charge in [-0.05, 0) is 12.1 Å². The quantitative estimate of drug-likeness (QED) is 0.729.